The largest absolute Gasteiger partial charge is 0.327 e. The zero-order chi connectivity index (χ0) is 19.6. The number of rotatable bonds is 7. The standard InChI is InChI=1S/C19H24N4O4/c1-2-3-12(20)10-21-9-11-4-5-13-14(8-11)19(27)23(18(13)26)15-6-7-16(24)22-17(15)25/h4-5,8,12,15,21H,2-3,6-7,9-10,20H2,1H3,(H,22,24,25). The monoisotopic (exact) mass is 372 g/mol. The molecule has 4 amide bonds. The van der Waals surface area contributed by atoms with Gasteiger partial charge in [-0.15, -0.1) is 0 Å². The van der Waals surface area contributed by atoms with Gasteiger partial charge < -0.3 is 11.1 Å². The van der Waals surface area contributed by atoms with E-state index in [1.54, 1.807) is 18.2 Å². The molecule has 2 atom stereocenters. The smallest absolute Gasteiger partial charge is 0.262 e. The van der Waals surface area contributed by atoms with Gasteiger partial charge in [0, 0.05) is 25.6 Å². The summed E-state index contributed by atoms with van der Waals surface area (Å²) in [5.41, 5.74) is 7.42. The van der Waals surface area contributed by atoms with Gasteiger partial charge in [-0.2, -0.15) is 0 Å². The molecule has 144 valence electrons. The topological polar surface area (TPSA) is 122 Å². The van der Waals surface area contributed by atoms with Crippen LogP contribution in [0, 0.1) is 0 Å². The number of benzene rings is 1. The highest BCUT2D eigenvalue weighted by molar-refractivity contribution is 6.23. The molecule has 0 aliphatic carbocycles. The maximum atomic E-state index is 12.8. The van der Waals surface area contributed by atoms with Crippen LogP contribution >= 0.6 is 0 Å². The third-order valence-corrected chi connectivity index (χ3v) is 4.90. The van der Waals surface area contributed by atoms with Crippen molar-refractivity contribution in [3.63, 3.8) is 0 Å². The summed E-state index contributed by atoms with van der Waals surface area (Å²) >= 11 is 0. The normalized spacial score (nSPS) is 20.7. The van der Waals surface area contributed by atoms with Crippen LogP contribution < -0.4 is 16.4 Å². The minimum atomic E-state index is -0.941. The molecule has 1 saturated heterocycles. The van der Waals surface area contributed by atoms with Gasteiger partial charge in [0.1, 0.15) is 6.04 Å². The molecule has 8 nitrogen and oxygen atoms in total. The summed E-state index contributed by atoms with van der Waals surface area (Å²) in [7, 11) is 0. The van der Waals surface area contributed by atoms with Gasteiger partial charge in [0.2, 0.25) is 11.8 Å². The fraction of sp³-hybridized carbons (Fsp3) is 0.474. The van der Waals surface area contributed by atoms with Crippen LogP contribution in [-0.2, 0) is 16.1 Å². The number of carbonyl (C=O) groups is 4. The molecule has 0 spiro atoms. The van der Waals surface area contributed by atoms with Gasteiger partial charge in [-0.05, 0) is 30.5 Å². The first-order valence-corrected chi connectivity index (χ1v) is 9.23. The van der Waals surface area contributed by atoms with Gasteiger partial charge in [0.25, 0.3) is 11.8 Å². The molecule has 1 aromatic carbocycles. The Labute approximate surface area is 157 Å². The van der Waals surface area contributed by atoms with E-state index in [-0.39, 0.29) is 30.4 Å². The van der Waals surface area contributed by atoms with Crippen LogP contribution in [0.5, 0.6) is 0 Å². The van der Waals surface area contributed by atoms with E-state index in [1.165, 1.54) is 0 Å². The molecule has 27 heavy (non-hydrogen) atoms. The molecule has 3 rings (SSSR count). The number of nitrogens with zero attached hydrogens (tertiary/aromatic N) is 1. The number of hydrogen-bond acceptors (Lipinski definition) is 6. The SMILES string of the molecule is CCCC(N)CNCc1ccc2c(c1)C(=O)N(C1CCC(=O)NC1=O)C2=O. The van der Waals surface area contributed by atoms with Crippen molar-refractivity contribution in [3.8, 4) is 0 Å². The van der Waals surface area contributed by atoms with Crippen LogP contribution in [-0.4, -0.2) is 47.2 Å². The summed E-state index contributed by atoms with van der Waals surface area (Å²) in [4.78, 5) is 49.7. The Balaban J connectivity index is 1.71. The molecular weight excluding hydrogens is 348 g/mol. The molecule has 1 aromatic rings. The lowest BCUT2D eigenvalue weighted by atomic mass is 10.0. The number of fused-ring (bicyclic) bond motifs is 1. The number of nitrogens with two attached hydrogens (primary N) is 1. The summed E-state index contributed by atoms with van der Waals surface area (Å²) in [6.07, 6.45) is 2.22. The fourth-order valence-corrected chi connectivity index (χ4v) is 3.50. The van der Waals surface area contributed by atoms with Crippen LogP contribution in [0.1, 0.15) is 58.9 Å². The third kappa shape index (κ3) is 3.91. The van der Waals surface area contributed by atoms with E-state index in [2.05, 4.69) is 17.6 Å². The van der Waals surface area contributed by atoms with Crippen LogP contribution in [0.15, 0.2) is 18.2 Å². The van der Waals surface area contributed by atoms with Gasteiger partial charge in [-0.3, -0.25) is 29.4 Å². The summed E-state index contributed by atoms with van der Waals surface area (Å²) in [6.45, 7) is 3.28. The van der Waals surface area contributed by atoms with Crippen LogP contribution in [0.3, 0.4) is 0 Å². The Bertz CT molecular complexity index is 792. The summed E-state index contributed by atoms with van der Waals surface area (Å²) in [5, 5.41) is 5.44. The van der Waals surface area contributed by atoms with Gasteiger partial charge in [-0.1, -0.05) is 19.4 Å². The third-order valence-electron chi connectivity index (χ3n) is 4.90. The first-order valence-electron chi connectivity index (χ1n) is 9.23. The van der Waals surface area contributed by atoms with E-state index >= 15 is 0 Å². The molecule has 2 aliphatic heterocycles. The lowest BCUT2D eigenvalue weighted by Gasteiger charge is -2.27. The Hall–Kier alpha value is -2.58. The van der Waals surface area contributed by atoms with Crippen LogP contribution in [0.2, 0.25) is 0 Å². The Morgan fingerprint density at radius 1 is 1.22 bits per heavy atom. The second kappa shape index (κ2) is 7.98. The van der Waals surface area contributed by atoms with Crippen molar-refractivity contribution < 1.29 is 19.2 Å². The average Bonchev–Trinajstić information content (AvgIpc) is 2.86. The van der Waals surface area contributed by atoms with Crippen molar-refractivity contribution in [1.29, 1.82) is 0 Å². The molecule has 0 aromatic heterocycles. The number of imide groups is 2. The number of piperidine rings is 1. The van der Waals surface area contributed by atoms with Crippen molar-refractivity contribution in [2.75, 3.05) is 6.54 Å². The molecule has 2 aliphatic rings. The Morgan fingerprint density at radius 3 is 2.67 bits per heavy atom. The van der Waals surface area contributed by atoms with Gasteiger partial charge in [0.05, 0.1) is 11.1 Å². The predicted molar refractivity (Wildman–Crippen MR) is 97.7 cm³/mol. The van der Waals surface area contributed by atoms with Crippen molar-refractivity contribution in [3.05, 3.63) is 34.9 Å². The van der Waals surface area contributed by atoms with E-state index in [0.29, 0.717) is 18.7 Å². The van der Waals surface area contributed by atoms with Crippen molar-refractivity contribution in [1.82, 2.24) is 15.5 Å². The number of amides is 4. The Morgan fingerprint density at radius 2 is 1.96 bits per heavy atom. The zero-order valence-corrected chi connectivity index (χ0v) is 15.3. The van der Waals surface area contributed by atoms with Crippen molar-refractivity contribution >= 4 is 23.6 Å². The molecule has 0 saturated carbocycles. The van der Waals surface area contributed by atoms with E-state index < -0.39 is 23.8 Å². The van der Waals surface area contributed by atoms with E-state index in [0.717, 1.165) is 23.3 Å². The summed E-state index contributed by atoms with van der Waals surface area (Å²) < 4.78 is 0. The summed E-state index contributed by atoms with van der Waals surface area (Å²) in [6, 6.07) is 4.22. The first-order chi connectivity index (χ1) is 12.9. The lowest BCUT2D eigenvalue weighted by Crippen LogP contribution is -2.54. The van der Waals surface area contributed by atoms with E-state index in [1.807, 2.05) is 0 Å². The molecule has 1 fully saturated rings. The molecular formula is C19H24N4O4. The fourth-order valence-electron chi connectivity index (χ4n) is 3.50. The predicted octanol–water partition coefficient (Wildman–Crippen LogP) is 0.305. The highest BCUT2D eigenvalue weighted by Gasteiger charge is 2.44. The second-order valence-corrected chi connectivity index (χ2v) is 7.01. The molecule has 0 bridgehead atoms. The number of hydrogen-bond donors (Lipinski definition) is 3. The number of nitrogens with one attached hydrogen (secondary N) is 2. The molecule has 0 radical (unpaired) electrons. The molecule has 2 heterocycles. The zero-order valence-electron chi connectivity index (χ0n) is 15.3. The average molecular weight is 372 g/mol. The number of carbonyl (C=O) groups excluding carboxylic acids is 4. The van der Waals surface area contributed by atoms with E-state index in [4.69, 9.17) is 5.73 Å². The minimum absolute atomic E-state index is 0.0793. The highest BCUT2D eigenvalue weighted by Crippen LogP contribution is 2.28. The van der Waals surface area contributed by atoms with Crippen LogP contribution in [0.25, 0.3) is 0 Å². The van der Waals surface area contributed by atoms with Crippen LogP contribution in [0.4, 0.5) is 0 Å². The van der Waals surface area contributed by atoms with Crippen molar-refractivity contribution in [2.24, 2.45) is 5.73 Å². The molecule has 4 N–H and O–H groups in total. The van der Waals surface area contributed by atoms with Gasteiger partial charge in [0.15, 0.2) is 0 Å². The van der Waals surface area contributed by atoms with Crippen molar-refractivity contribution in [2.45, 2.75) is 51.2 Å². The van der Waals surface area contributed by atoms with Gasteiger partial charge in [-0.25, -0.2) is 0 Å². The lowest BCUT2D eigenvalue weighted by molar-refractivity contribution is -0.136. The maximum Gasteiger partial charge on any atom is 0.262 e. The molecule has 2 unspecified atom stereocenters. The Kier molecular flexibility index (Phi) is 5.67. The van der Waals surface area contributed by atoms with E-state index in [9.17, 15) is 19.2 Å². The maximum absolute atomic E-state index is 12.8. The van der Waals surface area contributed by atoms with Gasteiger partial charge >= 0.3 is 0 Å². The highest BCUT2D eigenvalue weighted by atomic mass is 16.2. The molecule has 8 heteroatoms. The summed E-state index contributed by atoms with van der Waals surface area (Å²) in [5.74, 6) is -1.97. The first kappa shape index (κ1) is 19.2. The quantitative estimate of drug-likeness (QED) is 0.592. The minimum Gasteiger partial charge on any atom is -0.327 e. The second-order valence-electron chi connectivity index (χ2n) is 7.01.